The Morgan fingerprint density at radius 3 is 2.45 bits per heavy atom. The minimum Gasteiger partial charge on any atom is -0.493 e. The van der Waals surface area contributed by atoms with Crippen molar-refractivity contribution in [3.8, 4) is 11.5 Å². The predicted molar refractivity (Wildman–Crippen MR) is 108 cm³/mol. The molecule has 0 aliphatic heterocycles. The van der Waals surface area contributed by atoms with Crippen molar-refractivity contribution >= 4 is 11.9 Å². The molecule has 0 aromatic heterocycles. The summed E-state index contributed by atoms with van der Waals surface area (Å²) in [6, 6.07) is 15.5. The van der Waals surface area contributed by atoms with Crippen molar-refractivity contribution in [3.05, 3.63) is 59.7 Å². The molecule has 0 spiro atoms. The normalized spacial score (nSPS) is 17.3. The molecule has 1 amide bonds. The van der Waals surface area contributed by atoms with E-state index in [4.69, 9.17) is 14.2 Å². The van der Waals surface area contributed by atoms with Crippen molar-refractivity contribution in [2.75, 3.05) is 20.8 Å². The van der Waals surface area contributed by atoms with Gasteiger partial charge in [-0.3, -0.25) is 9.59 Å². The van der Waals surface area contributed by atoms with E-state index in [1.54, 1.807) is 14.2 Å². The Balaban J connectivity index is 1.53. The van der Waals surface area contributed by atoms with E-state index in [9.17, 15) is 9.59 Å². The van der Waals surface area contributed by atoms with Gasteiger partial charge in [0.2, 0.25) is 0 Å². The highest BCUT2D eigenvalue weighted by molar-refractivity contribution is 5.82. The zero-order chi connectivity index (χ0) is 20.8. The van der Waals surface area contributed by atoms with E-state index in [1.807, 2.05) is 55.5 Å². The largest absolute Gasteiger partial charge is 0.493 e. The van der Waals surface area contributed by atoms with Crippen molar-refractivity contribution in [2.45, 2.75) is 26.5 Å². The first-order valence-electron chi connectivity index (χ1n) is 9.72. The van der Waals surface area contributed by atoms with Crippen molar-refractivity contribution in [1.82, 2.24) is 4.90 Å². The minimum atomic E-state index is -0.277. The lowest BCUT2D eigenvalue weighted by Crippen LogP contribution is -2.31. The summed E-state index contributed by atoms with van der Waals surface area (Å²) in [5.74, 6) is 1.05. The van der Waals surface area contributed by atoms with Gasteiger partial charge in [-0.2, -0.15) is 0 Å². The van der Waals surface area contributed by atoms with Crippen LogP contribution < -0.4 is 9.47 Å². The summed E-state index contributed by atoms with van der Waals surface area (Å²) in [4.78, 5) is 25.5. The van der Waals surface area contributed by atoms with E-state index >= 15 is 0 Å². The van der Waals surface area contributed by atoms with E-state index in [0.717, 1.165) is 17.5 Å². The van der Waals surface area contributed by atoms with Crippen molar-refractivity contribution in [2.24, 2.45) is 11.8 Å². The van der Waals surface area contributed by atoms with Gasteiger partial charge in [-0.1, -0.05) is 43.3 Å². The molecule has 154 valence electrons. The maximum absolute atomic E-state index is 12.2. The standard InChI is InChI=1S/C23H27NO5/c1-16-11-19(16)23(26)29-15-22(25)24(2)13-18-9-10-20(21(12-18)27-3)28-14-17-7-5-4-6-8-17/h4-10,12,16,19H,11,13-15H2,1-3H3/t16-,19+/m1/s1. The Labute approximate surface area is 171 Å². The second-order valence-corrected chi connectivity index (χ2v) is 7.44. The third-order valence-electron chi connectivity index (χ3n) is 5.06. The summed E-state index contributed by atoms with van der Waals surface area (Å²) in [6.07, 6.45) is 0.849. The van der Waals surface area contributed by atoms with Gasteiger partial charge < -0.3 is 19.1 Å². The molecule has 1 fully saturated rings. The molecule has 2 aromatic rings. The van der Waals surface area contributed by atoms with E-state index < -0.39 is 0 Å². The molecule has 0 radical (unpaired) electrons. The minimum absolute atomic E-state index is 0.0409. The fourth-order valence-corrected chi connectivity index (χ4v) is 3.03. The number of esters is 1. The maximum atomic E-state index is 12.2. The summed E-state index contributed by atoms with van der Waals surface area (Å²) in [5, 5.41) is 0. The molecular formula is C23H27NO5. The Hall–Kier alpha value is -3.02. The highest BCUT2D eigenvalue weighted by Gasteiger charge is 2.40. The molecule has 29 heavy (non-hydrogen) atoms. The molecule has 1 aliphatic rings. The van der Waals surface area contributed by atoms with Gasteiger partial charge in [-0.15, -0.1) is 0 Å². The van der Waals surface area contributed by atoms with Crippen LogP contribution in [0, 0.1) is 11.8 Å². The number of amides is 1. The average molecular weight is 397 g/mol. The first-order valence-corrected chi connectivity index (χ1v) is 9.72. The first kappa shape index (κ1) is 20.7. The number of benzene rings is 2. The van der Waals surface area contributed by atoms with Crippen LogP contribution in [0.5, 0.6) is 11.5 Å². The van der Waals surface area contributed by atoms with Crippen molar-refractivity contribution < 1.29 is 23.8 Å². The molecule has 1 saturated carbocycles. The third-order valence-corrected chi connectivity index (χ3v) is 5.06. The van der Waals surface area contributed by atoms with Gasteiger partial charge in [0, 0.05) is 13.6 Å². The van der Waals surface area contributed by atoms with Gasteiger partial charge in [-0.05, 0) is 35.6 Å². The third kappa shape index (κ3) is 5.73. The van der Waals surface area contributed by atoms with Crippen molar-refractivity contribution in [1.29, 1.82) is 0 Å². The molecule has 3 rings (SSSR count). The Morgan fingerprint density at radius 1 is 1.07 bits per heavy atom. The maximum Gasteiger partial charge on any atom is 0.309 e. The smallest absolute Gasteiger partial charge is 0.309 e. The second-order valence-electron chi connectivity index (χ2n) is 7.44. The second kappa shape index (κ2) is 9.45. The Kier molecular flexibility index (Phi) is 6.75. The molecule has 0 N–H and O–H groups in total. The Morgan fingerprint density at radius 2 is 1.79 bits per heavy atom. The number of hydrogen-bond acceptors (Lipinski definition) is 5. The van der Waals surface area contributed by atoms with Gasteiger partial charge >= 0.3 is 5.97 Å². The first-order chi connectivity index (χ1) is 14.0. The lowest BCUT2D eigenvalue weighted by atomic mass is 10.2. The van der Waals surface area contributed by atoms with Crippen LogP contribution in [0.1, 0.15) is 24.5 Å². The van der Waals surface area contributed by atoms with Gasteiger partial charge in [0.25, 0.3) is 5.91 Å². The van der Waals surface area contributed by atoms with Crippen LogP contribution in [0.25, 0.3) is 0 Å². The van der Waals surface area contributed by atoms with Crippen LogP contribution in [0.4, 0.5) is 0 Å². The lowest BCUT2D eigenvalue weighted by Gasteiger charge is -2.18. The fourth-order valence-electron chi connectivity index (χ4n) is 3.03. The van der Waals surface area contributed by atoms with Gasteiger partial charge in [0.05, 0.1) is 13.0 Å². The number of nitrogens with zero attached hydrogens (tertiary/aromatic N) is 1. The molecule has 0 heterocycles. The summed E-state index contributed by atoms with van der Waals surface area (Å²) >= 11 is 0. The zero-order valence-corrected chi connectivity index (χ0v) is 17.1. The number of likely N-dealkylation sites (N-methyl/N-ethyl adjacent to an activating group) is 1. The SMILES string of the molecule is COc1cc(CN(C)C(=O)COC(=O)[C@H]2C[C@H]2C)ccc1OCc1ccccc1. The highest BCUT2D eigenvalue weighted by Crippen LogP contribution is 2.38. The Bertz CT molecular complexity index is 852. The van der Waals surface area contributed by atoms with Crippen LogP contribution in [0.2, 0.25) is 0 Å². The number of hydrogen-bond donors (Lipinski definition) is 0. The number of carbonyl (C=O) groups excluding carboxylic acids is 2. The quantitative estimate of drug-likeness (QED) is 0.607. The number of methoxy groups -OCH3 is 1. The van der Waals surface area contributed by atoms with Crippen molar-refractivity contribution in [3.63, 3.8) is 0 Å². The topological polar surface area (TPSA) is 65.1 Å². The van der Waals surface area contributed by atoms with Crippen LogP contribution in [0.15, 0.2) is 48.5 Å². The summed E-state index contributed by atoms with van der Waals surface area (Å²) < 4.78 is 16.4. The molecule has 2 atom stereocenters. The number of carbonyl (C=O) groups is 2. The van der Waals surface area contributed by atoms with Gasteiger partial charge in [-0.25, -0.2) is 0 Å². The van der Waals surface area contributed by atoms with Gasteiger partial charge in [0.1, 0.15) is 6.61 Å². The molecule has 6 heteroatoms. The molecule has 0 saturated heterocycles. The van der Waals surface area contributed by atoms with E-state index in [-0.39, 0.29) is 24.4 Å². The molecule has 0 bridgehead atoms. The van der Waals surface area contributed by atoms with Crippen LogP contribution >= 0.6 is 0 Å². The number of ether oxygens (including phenoxy) is 3. The monoisotopic (exact) mass is 397 g/mol. The van der Waals surface area contributed by atoms with Crippen LogP contribution in [-0.4, -0.2) is 37.5 Å². The van der Waals surface area contributed by atoms with E-state index in [1.165, 1.54) is 4.90 Å². The molecular weight excluding hydrogens is 370 g/mol. The average Bonchev–Trinajstić information content (AvgIpc) is 3.48. The van der Waals surface area contributed by atoms with Crippen LogP contribution in [0.3, 0.4) is 0 Å². The summed E-state index contributed by atoms with van der Waals surface area (Å²) in [7, 11) is 3.27. The van der Waals surface area contributed by atoms with Gasteiger partial charge in [0.15, 0.2) is 18.1 Å². The van der Waals surface area contributed by atoms with Crippen LogP contribution in [-0.2, 0) is 27.5 Å². The fraction of sp³-hybridized carbons (Fsp3) is 0.391. The lowest BCUT2D eigenvalue weighted by molar-refractivity contribution is -0.153. The van der Waals surface area contributed by atoms with E-state index in [2.05, 4.69) is 0 Å². The molecule has 2 aromatic carbocycles. The van der Waals surface area contributed by atoms with E-state index in [0.29, 0.717) is 30.6 Å². The highest BCUT2D eigenvalue weighted by atomic mass is 16.5. The number of rotatable bonds is 9. The summed E-state index contributed by atoms with van der Waals surface area (Å²) in [6.45, 7) is 2.60. The molecule has 0 unspecified atom stereocenters. The summed E-state index contributed by atoms with van der Waals surface area (Å²) in [5.41, 5.74) is 1.96. The predicted octanol–water partition coefficient (Wildman–Crippen LogP) is 3.43. The zero-order valence-electron chi connectivity index (χ0n) is 17.1. The molecule has 1 aliphatic carbocycles. The molecule has 6 nitrogen and oxygen atoms in total.